The Balaban J connectivity index is 1.58. The number of hydrogen-bond acceptors (Lipinski definition) is 8. The number of halogens is 1. The van der Waals surface area contributed by atoms with Gasteiger partial charge in [0.15, 0.2) is 0 Å². The zero-order valence-corrected chi connectivity index (χ0v) is 25.7. The lowest BCUT2D eigenvalue weighted by molar-refractivity contribution is -0.129. The molecule has 3 aromatic rings. The molecule has 0 saturated carbocycles. The minimum Gasteiger partial charge on any atom is -0.438 e. The monoisotopic (exact) mass is 602 g/mol. The second kappa shape index (κ2) is 14.6. The average molecular weight is 603 g/mol. The normalized spacial score (nSPS) is 14.2. The molecule has 1 N–H and O–H groups in total. The Labute approximate surface area is 257 Å². The number of aromatic nitrogens is 2. The summed E-state index contributed by atoms with van der Waals surface area (Å²) in [7, 11) is 5.07. The molecule has 232 valence electrons. The van der Waals surface area contributed by atoms with Gasteiger partial charge in [0.25, 0.3) is 5.91 Å². The van der Waals surface area contributed by atoms with E-state index in [2.05, 4.69) is 28.4 Å². The van der Waals surface area contributed by atoms with Gasteiger partial charge >= 0.3 is 0 Å². The number of nitrogens with one attached hydrogen (secondary N) is 1. The number of rotatable bonds is 13. The minimum atomic E-state index is -0.515. The smallest absolute Gasteiger partial charge is 0.255 e. The van der Waals surface area contributed by atoms with Gasteiger partial charge in [-0.15, -0.1) is 0 Å². The van der Waals surface area contributed by atoms with Gasteiger partial charge < -0.3 is 29.5 Å². The quantitative estimate of drug-likeness (QED) is 0.275. The molecule has 0 spiro atoms. The van der Waals surface area contributed by atoms with E-state index in [9.17, 15) is 14.0 Å². The Morgan fingerprint density at radius 2 is 1.93 bits per heavy atom. The summed E-state index contributed by atoms with van der Waals surface area (Å²) in [5, 5.41) is 2.88. The van der Waals surface area contributed by atoms with E-state index in [0.717, 1.165) is 12.8 Å². The van der Waals surface area contributed by atoms with Crippen molar-refractivity contribution in [2.75, 3.05) is 62.6 Å². The summed E-state index contributed by atoms with van der Waals surface area (Å²) in [4.78, 5) is 40.4. The van der Waals surface area contributed by atoms with Crippen molar-refractivity contribution in [3.05, 3.63) is 78.3 Å². The molecule has 1 aliphatic heterocycles. The van der Waals surface area contributed by atoms with E-state index in [-0.39, 0.29) is 23.4 Å². The topological polar surface area (TPSA) is 100 Å². The van der Waals surface area contributed by atoms with Crippen molar-refractivity contribution in [2.45, 2.75) is 25.8 Å². The SMILES string of the molecule is C=Cc1c(NC(=O)c2cc(F)cc(N(CC)CCOC)c2)ccc(Oc2ccnc(N3CCCC3C(=O)N(C)C)n2)c1C=C. The van der Waals surface area contributed by atoms with Gasteiger partial charge in [0.05, 0.1) is 6.61 Å². The Morgan fingerprint density at radius 3 is 2.61 bits per heavy atom. The molecule has 2 aromatic carbocycles. The second-order valence-corrected chi connectivity index (χ2v) is 10.5. The molecule has 44 heavy (non-hydrogen) atoms. The third-order valence-electron chi connectivity index (χ3n) is 7.43. The number of methoxy groups -OCH3 is 1. The van der Waals surface area contributed by atoms with Gasteiger partial charge in [-0.05, 0) is 50.1 Å². The third kappa shape index (κ3) is 7.23. The van der Waals surface area contributed by atoms with Crippen molar-refractivity contribution in [1.82, 2.24) is 14.9 Å². The highest BCUT2D eigenvalue weighted by Gasteiger charge is 2.33. The molecule has 0 aliphatic carbocycles. The molecule has 1 saturated heterocycles. The van der Waals surface area contributed by atoms with Crippen LogP contribution >= 0.6 is 0 Å². The molecule has 10 nitrogen and oxygen atoms in total. The van der Waals surface area contributed by atoms with Crippen LogP contribution in [0.1, 0.15) is 41.3 Å². The molecule has 4 rings (SSSR count). The van der Waals surface area contributed by atoms with Crippen LogP contribution in [-0.2, 0) is 9.53 Å². The number of nitrogens with zero attached hydrogens (tertiary/aromatic N) is 5. The standard InChI is InChI=1S/C33H39FN6O4/c1-7-25-26(8-2)29(44-30-14-15-35-33(37-30)40-16-10-11-28(40)32(42)38(4)5)13-12-27(25)36-31(41)22-19-23(34)21-24(20-22)39(9-3)17-18-43-6/h7-8,12-15,19-21,28H,1-2,9-11,16-18H2,3-6H3,(H,36,41). The molecule has 1 unspecified atom stereocenters. The zero-order chi connectivity index (χ0) is 31.8. The number of amides is 2. The van der Waals surface area contributed by atoms with E-state index in [1.54, 1.807) is 68.7 Å². The summed E-state index contributed by atoms with van der Waals surface area (Å²) in [5.41, 5.74) is 2.37. The highest BCUT2D eigenvalue weighted by atomic mass is 19.1. The minimum absolute atomic E-state index is 0.00266. The first-order valence-electron chi connectivity index (χ1n) is 14.5. The lowest BCUT2D eigenvalue weighted by Crippen LogP contribution is -2.43. The van der Waals surface area contributed by atoms with Crippen molar-refractivity contribution in [2.24, 2.45) is 0 Å². The number of likely N-dealkylation sites (N-methyl/N-ethyl adjacent to an activating group) is 2. The number of ether oxygens (including phenoxy) is 2. The van der Waals surface area contributed by atoms with Gasteiger partial charge in [-0.1, -0.05) is 25.3 Å². The fraction of sp³-hybridized carbons (Fsp3) is 0.333. The summed E-state index contributed by atoms with van der Waals surface area (Å²) in [6.45, 7) is 12.1. The highest BCUT2D eigenvalue weighted by molar-refractivity contribution is 6.06. The number of carbonyl (C=O) groups excluding carboxylic acids is 2. The van der Waals surface area contributed by atoms with Gasteiger partial charge in [-0.2, -0.15) is 4.98 Å². The van der Waals surface area contributed by atoms with Gasteiger partial charge in [-0.3, -0.25) is 9.59 Å². The first-order valence-corrected chi connectivity index (χ1v) is 14.5. The molecule has 1 aromatic heterocycles. The first kappa shape index (κ1) is 32.2. The maximum absolute atomic E-state index is 14.6. The van der Waals surface area contributed by atoms with Crippen LogP contribution in [0.15, 0.2) is 55.8 Å². The van der Waals surface area contributed by atoms with Crippen LogP contribution in [0.3, 0.4) is 0 Å². The fourth-order valence-electron chi connectivity index (χ4n) is 5.20. The van der Waals surface area contributed by atoms with Gasteiger partial charge in [0.1, 0.15) is 17.6 Å². The molecule has 11 heteroatoms. The van der Waals surface area contributed by atoms with Crippen molar-refractivity contribution in [3.8, 4) is 11.6 Å². The Bertz CT molecular complexity index is 1530. The second-order valence-electron chi connectivity index (χ2n) is 10.5. The summed E-state index contributed by atoms with van der Waals surface area (Å²) in [6.07, 6.45) is 6.37. The molecule has 0 radical (unpaired) electrons. The van der Waals surface area contributed by atoms with Crippen molar-refractivity contribution in [3.63, 3.8) is 0 Å². The molecule has 2 heterocycles. The summed E-state index contributed by atoms with van der Waals surface area (Å²) < 4.78 is 25.9. The van der Waals surface area contributed by atoms with Crippen molar-refractivity contribution in [1.29, 1.82) is 0 Å². The summed E-state index contributed by atoms with van der Waals surface area (Å²) >= 11 is 0. The number of carbonyl (C=O) groups is 2. The maximum Gasteiger partial charge on any atom is 0.255 e. The predicted molar refractivity (Wildman–Crippen MR) is 172 cm³/mol. The Kier molecular flexibility index (Phi) is 10.7. The molecule has 1 fully saturated rings. The lowest BCUT2D eigenvalue weighted by atomic mass is 10.0. The largest absolute Gasteiger partial charge is 0.438 e. The van der Waals surface area contributed by atoms with Crippen LogP contribution in [-0.4, -0.2) is 80.2 Å². The van der Waals surface area contributed by atoms with E-state index < -0.39 is 11.7 Å². The predicted octanol–water partition coefficient (Wildman–Crippen LogP) is 5.48. The maximum atomic E-state index is 14.6. The molecule has 1 aliphatic rings. The number of anilines is 3. The van der Waals surface area contributed by atoms with Crippen molar-refractivity contribution < 1.29 is 23.5 Å². The number of benzene rings is 2. The number of hydrogen-bond donors (Lipinski definition) is 1. The van der Waals surface area contributed by atoms with E-state index in [1.807, 2.05) is 16.7 Å². The van der Waals surface area contributed by atoms with Crippen LogP contribution < -0.4 is 19.9 Å². The lowest BCUT2D eigenvalue weighted by Gasteiger charge is -2.26. The third-order valence-corrected chi connectivity index (χ3v) is 7.43. The highest BCUT2D eigenvalue weighted by Crippen LogP contribution is 2.35. The van der Waals surface area contributed by atoms with Crippen molar-refractivity contribution >= 4 is 41.3 Å². The van der Waals surface area contributed by atoms with Crippen LogP contribution in [0.5, 0.6) is 11.6 Å². The summed E-state index contributed by atoms with van der Waals surface area (Å²) in [6, 6.07) is 8.93. The zero-order valence-electron chi connectivity index (χ0n) is 25.7. The molecular weight excluding hydrogens is 563 g/mol. The van der Waals surface area contributed by atoms with Crippen LogP contribution in [0.25, 0.3) is 12.2 Å². The van der Waals surface area contributed by atoms with Crippen LogP contribution in [0.4, 0.5) is 21.7 Å². The first-order chi connectivity index (χ1) is 21.2. The van der Waals surface area contributed by atoms with Crippen LogP contribution in [0, 0.1) is 5.82 Å². The van der Waals surface area contributed by atoms with E-state index in [0.29, 0.717) is 60.4 Å². The van der Waals surface area contributed by atoms with Crippen LogP contribution in [0.2, 0.25) is 0 Å². The average Bonchev–Trinajstić information content (AvgIpc) is 3.51. The van der Waals surface area contributed by atoms with E-state index in [4.69, 9.17) is 9.47 Å². The Hall–Kier alpha value is -4.77. The van der Waals surface area contributed by atoms with E-state index in [1.165, 1.54) is 12.1 Å². The fourth-order valence-corrected chi connectivity index (χ4v) is 5.20. The van der Waals surface area contributed by atoms with Gasteiger partial charge in [-0.25, -0.2) is 9.37 Å². The van der Waals surface area contributed by atoms with Gasteiger partial charge in [0.2, 0.25) is 17.7 Å². The van der Waals surface area contributed by atoms with E-state index >= 15 is 0 Å². The molecule has 2 amide bonds. The Morgan fingerprint density at radius 1 is 1.16 bits per heavy atom. The van der Waals surface area contributed by atoms with Gasteiger partial charge in [0, 0.05) is 81.2 Å². The molecular formula is C33H39FN6O4. The molecule has 0 bridgehead atoms. The summed E-state index contributed by atoms with van der Waals surface area (Å²) in [5.74, 6) is 0.139. The molecule has 1 atom stereocenters.